The predicted octanol–water partition coefficient (Wildman–Crippen LogP) is 10.4. The number of fused-ring (bicyclic) bond motifs is 1. The number of thiophene rings is 1. The van der Waals surface area contributed by atoms with Gasteiger partial charge in [0.25, 0.3) is 0 Å². The topological polar surface area (TPSA) is 97.1 Å². The number of methoxy groups -OCH3 is 2. The standard InChI is InChI=1S/C38H33ClN6O2S/c1-24-31(35(39)45(44-24)28-9-7-6-8-10-28)20-11-25-21-32-33(23-40)37(48-34(32)38(2,3)22-25)41-36(26-12-16-29(46-4)17-13-26)43-42-27-14-18-30(47-5)19-15-27/h6-21H,22H2,1-5H3/b20-11-,41-36+,43-42?. The fourth-order valence-electron chi connectivity index (χ4n) is 5.56. The van der Waals surface area contributed by atoms with Gasteiger partial charge < -0.3 is 9.47 Å². The largest absolute Gasteiger partial charge is 0.497 e. The summed E-state index contributed by atoms with van der Waals surface area (Å²) in [5, 5.41) is 25.3. The summed E-state index contributed by atoms with van der Waals surface area (Å²) in [5.74, 6) is 1.82. The van der Waals surface area contributed by atoms with Gasteiger partial charge in [0.05, 0.1) is 36.9 Å². The van der Waals surface area contributed by atoms with Crippen molar-refractivity contribution >= 4 is 51.6 Å². The van der Waals surface area contributed by atoms with Crippen LogP contribution in [0.5, 0.6) is 11.5 Å². The second kappa shape index (κ2) is 13.8. The molecule has 48 heavy (non-hydrogen) atoms. The Bertz CT molecular complexity index is 2120. The average molecular weight is 673 g/mol. The number of allylic oxidation sites excluding steroid dienone is 2. The summed E-state index contributed by atoms with van der Waals surface area (Å²) >= 11 is 8.33. The number of para-hydroxylation sites is 1. The van der Waals surface area contributed by atoms with Crippen molar-refractivity contribution < 1.29 is 9.47 Å². The molecule has 2 heterocycles. The second-order valence-corrected chi connectivity index (χ2v) is 13.2. The zero-order chi connectivity index (χ0) is 33.8. The minimum atomic E-state index is -0.244. The maximum Gasteiger partial charge on any atom is 0.183 e. The van der Waals surface area contributed by atoms with E-state index in [2.05, 4.69) is 47.4 Å². The molecule has 240 valence electrons. The molecule has 6 rings (SSSR count). The average Bonchev–Trinajstić information content (AvgIpc) is 3.61. The van der Waals surface area contributed by atoms with Gasteiger partial charge in [-0.25, -0.2) is 9.67 Å². The minimum absolute atomic E-state index is 0.244. The van der Waals surface area contributed by atoms with Crippen LogP contribution in [0, 0.1) is 18.3 Å². The molecule has 0 N–H and O–H groups in total. The van der Waals surface area contributed by atoms with E-state index in [1.165, 1.54) is 11.3 Å². The first kappa shape index (κ1) is 32.6. The van der Waals surface area contributed by atoms with Crippen LogP contribution in [0.2, 0.25) is 5.15 Å². The lowest BCUT2D eigenvalue weighted by Crippen LogP contribution is -2.20. The van der Waals surface area contributed by atoms with Gasteiger partial charge in [0, 0.05) is 27.0 Å². The summed E-state index contributed by atoms with van der Waals surface area (Å²) in [6.07, 6.45) is 6.94. The quantitative estimate of drug-likeness (QED) is 0.0930. The van der Waals surface area contributed by atoms with Crippen molar-refractivity contribution in [2.75, 3.05) is 14.2 Å². The highest BCUT2D eigenvalue weighted by Crippen LogP contribution is 2.49. The fourth-order valence-corrected chi connectivity index (χ4v) is 7.10. The fraction of sp³-hybridized carbons (Fsp3) is 0.184. The van der Waals surface area contributed by atoms with Crippen molar-refractivity contribution in [2.24, 2.45) is 15.2 Å². The van der Waals surface area contributed by atoms with Gasteiger partial charge in [0.2, 0.25) is 0 Å². The molecule has 5 aromatic rings. The van der Waals surface area contributed by atoms with Crippen molar-refractivity contribution in [3.05, 3.63) is 128 Å². The van der Waals surface area contributed by atoms with Gasteiger partial charge in [0.1, 0.15) is 27.7 Å². The van der Waals surface area contributed by atoms with Crippen molar-refractivity contribution in [3.8, 4) is 23.3 Å². The maximum atomic E-state index is 10.4. The van der Waals surface area contributed by atoms with Gasteiger partial charge >= 0.3 is 0 Å². The Balaban J connectivity index is 1.39. The van der Waals surface area contributed by atoms with Gasteiger partial charge in [-0.2, -0.15) is 10.4 Å². The van der Waals surface area contributed by atoms with Crippen LogP contribution >= 0.6 is 22.9 Å². The van der Waals surface area contributed by atoms with Crippen LogP contribution in [0.3, 0.4) is 0 Å². The third-order valence-electron chi connectivity index (χ3n) is 8.03. The van der Waals surface area contributed by atoms with E-state index in [1.807, 2.05) is 91.9 Å². The summed E-state index contributed by atoms with van der Waals surface area (Å²) in [5.41, 5.74) is 6.19. The number of aliphatic imine (C=N–C) groups is 1. The summed E-state index contributed by atoms with van der Waals surface area (Å²) in [6, 6.07) is 27.0. The van der Waals surface area contributed by atoms with Crippen LogP contribution in [-0.4, -0.2) is 29.8 Å². The Kier molecular flexibility index (Phi) is 9.40. The molecule has 0 saturated heterocycles. The molecule has 10 heteroatoms. The van der Waals surface area contributed by atoms with Gasteiger partial charge in [0.15, 0.2) is 5.84 Å². The first-order chi connectivity index (χ1) is 23.2. The van der Waals surface area contributed by atoms with Crippen molar-refractivity contribution in [3.63, 3.8) is 0 Å². The van der Waals surface area contributed by atoms with Crippen LogP contribution in [0.4, 0.5) is 10.7 Å². The summed E-state index contributed by atoms with van der Waals surface area (Å²) < 4.78 is 12.4. The van der Waals surface area contributed by atoms with Gasteiger partial charge in [-0.05, 0) is 91.7 Å². The maximum absolute atomic E-state index is 10.4. The van der Waals surface area contributed by atoms with Gasteiger partial charge in [-0.15, -0.1) is 21.6 Å². The number of halogens is 1. The van der Waals surface area contributed by atoms with E-state index in [-0.39, 0.29) is 5.41 Å². The number of rotatable bonds is 8. The number of aryl methyl sites for hydroxylation is 1. The molecule has 0 unspecified atom stereocenters. The first-order valence-electron chi connectivity index (χ1n) is 15.3. The monoisotopic (exact) mass is 672 g/mol. The SMILES string of the molecule is COc1ccc(N=N/C(=N/c2sc3c(c2C#N)C=C(/C=C\c2c(C)nn(-c4ccccc4)c2Cl)CC3(C)C)c2ccc(OC)cc2)cc1. The zero-order valence-corrected chi connectivity index (χ0v) is 28.8. The van der Waals surface area contributed by atoms with E-state index in [9.17, 15) is 5.26 Å². The van der Waals surface area contributed by atoms with Crippen LogP contribution in [-0.2, 0) is 5.41 Å². The van der Waals surface area contributed by atoms with Crippen molar-refractivity contribution in [2.45, 2.75) is 32.6 Å². The molecule has 1 aliphatic rings. The molecular formula is C38H33ClN6O2S. The first-order valence-corrected chi connectivity index (χ1v) is 16.5. The number of azo groups is 1. The van der Waals surface area contributed by atoms with Crippen LogP contribution in [0.1, 0.15) is 53.1 Å². The number of nitriles is 1. The lowest BCUT2D eigenvalue weighted by atomic mass is 9.77. The van der Waals surface area contributed by atoms with E-state index < -0.39 is 0 Å². The lowest BCUT2D eigenvalue weighted by molar-refractivity contribution is 0.414. The Morgan fingerprint density at radius 1 is 0.979 bits per heavy atom. The van der Waals surface area contributed by atoms with Crippen LogP contribution < -0.4 is 9.47 Å². The van der Waals surface area contributed by atoms with Crippen molar-refractivity contribution in [1.82, 2.24) is 9.78 Å². The lowest BCUT2D eigenvalue weighted by Gasteiger charge is -2.29. The molecule has 1 aliphatic carbocycles. The van der Waals surface area contributed by atoms with Crippen LogP contribution in [0.25, 0.3) is 17.8 Å². The highest BCUT2D eigenvalue weighted by atomic mass is 35.5. The normalized spacial score (nSPS) is 14.2. The highest BCUT2D eigenvalue weighted by Gasteiger charge is 2.33. The summed E-state index contributed by atoms with van der Waals surface area (Å²) in [7, 11) is 3.24. The molecule has 0 fully saturated rings. The molecule has 0 spiro atoms. The Labute approximate surface area is 289 Å². The number of nitrogens with zero attached hydrogens (tertiary/aromatic N) is 6. The van der Waals surface area contributed by atoms with E-state index in [4.69, 9.17) is 26.1 Å². The summed E-state index contributed by atoms with van der Waals surface area (Å²) in [4.78, 5) is 6.06. The van der Waals surface area contributed by atoms with E-state index in [0.29, 0.717) is 33.0 Å². The smallest absolute Gasteiger partial charge is 0.183 e. The molecule has 8 nitrogen and oxygen atoms in total. The number of ether oxygens (including phenoxy) is 2. The Morgan fingerprint density at radius 2 is 1.65 bits per heavy atom. The second-order valence-electron chi connectivity index (χ2n) is 11.8. The number of aromatic nitrogens is 2. The third-order valence-corrected chi connectivity index (χ3v) is 9.86. The highest BCUT2D eigenvalue weighted by molar-refractivity contribution is 7.16. The molecule has 0 amide bonds. The van der Waals surface area contributed by atoms with Crippen molar-refractivity contribution in [1.29, 1.82) is 5.26 Å². The van der Waals surface area contributed by atoms with Gasteiger partial charge in [-0.3, -0.25) is 0 Å². The van der Waals surface area contributed by atoms with E-state index >= 15 is 0 Å². The molecule has 0 saturated carbocycles. The molecule has 0 radical (unpaired) electrons. The summed E-state index contributed by atoms with van der Waals surface area (Å²) in [6.45, 7) is 6.33. The molecule has 2 aromatic heterocycles. The predicted molar refractivity (Wildman–Crippen MR) is 194 cm³/mol. The number of amidine groups is 1. The number of hydrogen-bond acceptors (Lipinski definition) is 7. The molecular weight excluding hydrogens is 640 g/mol. The minimum Gasteiger partial charge on any atom is -0.497 e. The van der Waals surface area contributed by atoms with E-state index in [1.54, 1.807) is 18.9 Å². The number of benzene rings is 3. The molecule has 0 atom stereocenters. The van der Waals surface area contributed by atoms with Crippen LogP contribution in [0.15, 0.2) is 106 Å². The van der Waals surface area contributed by atoms with Gasteiger partial charge in [-0.1, -0.05) is 49.7 Å². The van der Waals surface area contributed by atoms with E-state index in [0.717, 1.165) is 50.7 Å². The Morgan fingerprint density at radius 3 is 2.29 bits per heavy atom. The zero-order valence-electron chi connectivity index (χ0n) is 27.2. The Hall–Kier alpha value is -5.30. The third kappa shape index (κ3) is 6.72. The molecule has 0 bridgehead atoms. The number of hydrogen-bond donors (Lipinski definition) is 0. The molecule has 3 aromatic carbocycles. The molecule has 0 aliphatic heterocycles.